The van der Waals surface area contributed by atoms with Crippen LogP contribution in [-0.2, 0) is 4.79 Å². The zero-order valence-corrected chi connectivity index (χ0v) is 10.2. The Labute approximate surface area is 95.4 Å². The number of hydrogen-bond donors (Lipinski definition) is 3. The summed E-state index contributed by atoms with van der Waals surface area (Å²) in [7, 11) is 0. The van der Waals surface area contributed by atoms with Crippen molar-refractivity contribution in [2.75, 3.05) is 24.7 Å². The molecule has 4 nitrogen and oxygen atoms in total. The SMILES string of the molecule is CC(C)CCNC(=O)CSCC(O)CO. The molecule has 1 atom stereocenters. The lowest BCUT2D eigenvalue weighted by molar-refractivity contribution is -0.118. The lowest BCUT2D eigenvalue weighted by Gasteiger charge is -2.08. The summed E-state index contributed by atoms with van der Waals surface area (Å²) in [6, 6.07) is 0. The monoisotopic (exact) mass is 235 g/mol. The van der Waals surface area contributed by atoms with Crippen LogP contribution in [0.15, 0.2) is 0 Å². The number of amides is 1. The molecule has 3 N–H and O–H groups in total. The van der Waals surface area contributed by atoms with E-state index in [1.54, 1.807) is 0 Å². The van der Waals surface area contributed by atoms with Crippen LogP contribution >= 0.6 is 11.8 Å². The van der Waals surface area contributed by atoms with Gasteiger partial charge in [0.25, 0.3) is 0 Å². The number of aliphatic hydroxyl groups excluding tert-OH is 2. The molecule has 1 amide bonds. The van der Waals surface area contributed by atoms with Gasteiger partial charge in [0, 0.05) is 12.3 Å². The highest BCUT2D eigenvalue weighted by atomic mass is 32.2. The highest BCUT2D eigenvalue weighted by Gasteiger charge is 2.05. The third-order valence-corrected chi connectivity index (χ3v) is 2.88. The first-order chi connectivity index (χ1) is 7.06. The maximum absolute atomic E-state index is 11.2. The van der Waals surface area contributed by atoms with Crippen LogP contribution in [0.25, 0.3) is 0 Å². The number of carbonyl (C=O) groups is 1. The molecule has 5 heteroatoms. The summed E-state index contributed by atoms with van der Waals surface area (Å²) in [5.74, 6) is 1.32. The first-order valence-corrected chi connectivity index (χ1v) is 6.35. The van der Waals surface area contributed by atoms with Crippen molar-refractivity contribution in [2.45, 2.75) is 26.4 Å². The van der Waals surface area contributed by atoms with Crippen LogP contribution < -0.4 is 5.32 Å². The second-order valence-corrected chi connectivity index (χ2v) is 4.91. The van der Waals surface area contributed by atoms with Crippen LogP contribution in [-0.4, -0.2) is 46.9 Å². The fourth-order valence-corrected chi connectivity index (χ4v) is 1.67. The molecule has 0 aromatic heterocycles. The van der Waals surface area contributed by atoms with Gasteiger partial charge in [0.1, 0.15) is 0 Å². The number of thioether (sulfide) groups is 1. The third kappa shape index (κ3) is 10.0. The number of rotatable bonds is 8. The molecule has 1 unspecified atom stereocenters. The second-order valence-electron chi connectivity index (χ2n) is 3.88. The van der Waals surface area contributed by atoms with Gasteiger partial charge < -0.3 is 15.5 Å². The fraction of sp³-hybridized carbons (Fsp3) is 0.900. The van der Waals surface area contributed by atoms with Gasteiger partial charge in [0.05, 0.1) is 18.5 Å². The van der Waals surface area contributed by atoms with E-state index in [9.17, 15) is 4.79 Å². The molecule has 0 aromatic carbocycles. The summed E-state index contributed by atoms with van der Waals surface area (Å²) in [6.07, 6.45) is 0.258. The van der Waals surface area contributed by atoms with E-state index >= 15 is 0 Å². The molecular weight excluding hydrogens is 214 g/mol. The van der Waals surface area contributed by atoms with Gasteiger partial charge in [-0.05, 0) is 12.3 Å². The minimum Gasteiger partial charge on any atom is -0.394 e. The van der Waals surface area contributed by atoms with Crippen LogP contribution in [0.2, 0.25) is 0 Å². The van der Waals surface area contributed by atoms with E-state index in [0.29, 0.717) is 24.0 Å². The molecule has 0 aliphatic heterocycles. The first-order valence-electron chi connectivity index (χ1n) is 5.19. The Hall–Kier alpha value is -0.260. The standard InChI is InChI=1S/C10H21NO3S/c1-8(2)3-4-11-10(14)7-15-6-9(13)5-12/h8-9,12-13H,3-7H2,1-2H3,(H,11,14). The maximum atomic E-state index is 11.2. The molecule has 90 valence electrons. The summed E-state index contributed by atoms with van der Waals surface area (Å²) in [4.78, 5) is 11.2. The van der Waals surface area contributed by atoms with Gasteiger partial charge in [-0.2, -0.15) is 0 Å². The molecule has 0 aliphatic rings. The van der Waals surface area contributed by atoms with Crippen molar-refractivity contribution in [2.24, 2.45) is 5.92 Å². The van der Waals surface area contributed by atoms with Crippen molar-refractivity contribution < 1.29 is 15.0 Å². The lowest BCUT2D eigenvalue weighted by Crippen LogP contribution is -2.27. The van der Waals surface area contributed by atoms with Gasteiger partial charge in [0.15, 0.2) is 0 Å². The molecule has 0 rings (SSSR count). The Kier molecular flexibility index (Phi) is 8.85. The molecule has 0 heterocycles. The van der Waals surface area contributed by atoms with Crippen molar-refractivity contribution in [3.05, 3.63) is 0 Å². The molecule has 0 saturated heterocycles. The first kappa shape index (κ1) is 14.7. The maximum Gasteiger partial charge on any atom is 0.229 e. The van der Waals surface area contributed by atoms with E-state index in [2.05, 4.69) is 19.2 Å². The van der Waals surface area contributed by atoms with Crippen molar-refractivity contribution in [1.29, 1.82) is 0 Å². The van der Waals surface area contributed by atoms with E-state index in [1.165, 1.54) is 11.8 Å². The summed E-state index contributed by atoms with van der Waals surface area (Å²) in [5, 5.41) is 20.4. The predicted octanol–water partition coefficient (Wildman–Crippen LogP) is 0.235. The molecule has 0 bridgehead atoms. The van der Waals surface area contributed by atoms with Gasteiger partial charge >= 0.3 is 0 Å². The van der Waals surface area contributed by atoms with Crippen LogP contribution in [0.1, 0.15) is 20.3 Å². The second kappa shape index (κ2) is 9.00. The van der Waals surface area contributed by atoms with E-state index < -0.39 is 6.10 Å². The van der Waals surface area contributed by atoms with Gasteiger partial charge in [-0.3, -0.25) is 4.79 Å². The van der Waals surface area contributed by atoms with Crippen LogP contribution in [0.3, 0.4) is 0 Å². The quantitative estimate of drug-likeness (QED) is 0.563. The highest BCUT2D eigenvalue weighted by Crippen LogP contribution is 2.02. The molecule has 0 spiro atoms. The molecule has 0 saturated carbocycles. The van der Waals surface area contributed by atoms with Crippen molar-refractivity contribution in [3.63, 3.8) is 0 Å². The van der Waals surface area contributed by atoms with Crippen molar-refractivity contribution in [3.8, 4) is 0 Å². The minimum atomic E-state index is -0.724. The average molecular weight is 235 g/mol. The largest absolute Gasteiger partial charge is 0.394 e. The Bertz CT molecular complexity index is 176. The number of carbonyl (C=O) groups excluding carboxylic acids is 1. The highest BCUT2D eigenvalue weighted by molar-refractivity contribution is 7.99. The van der Waals surface area contributed by atoms with Crippen LogP contribution in [0, 0.1) is 5.92 Å². The molecule has 0 fully saturated rings. The molecule has 0 aromatic rings. The summed E-state index contributed by atoms with van der Waals surface area (Å²) >= 11 is 1.33. The zero-order chi connectivity index (χ0) is 11.7. The zero-order valence-electron chi connectivity index (χ0n) is 9.40. The van der Waals surface area contributed by atoms with E-state index in [1.807, 2.05) is 0 Å². The molecular formula is C10H21NO3S. The number of hydrogen-bond acceptors (Lipinski definition) is 4. The smallest absolute Gasteiger partial charge is 0.229 e. The molecule has 0 radical (unpaired) electrons. The summed E-state index contributed by atoms with van der Waals surface area (Å²) in [5.41, 5.74) is 0. The van der Waals surface area contributed by atoms with E-state index in [4.69, 9.17) is 10.2 Å². The average Bonchev–Trinajstić information content (AvgIpc) is 2.17. The Morgan fingerprint density at radius 2 is 2.13 bits per heavy atom. The van der Waals surface area contributed by atoms with Gasteiger partial charge in [-0.1, -0.05) is 13.8 Å². The Balaban J connectivity index is 3.33. The normalized spacial score (nSPS) is 12.9. The van der Waals surface area contributed by atoms with Crippen LogP contribution in [0.4, 0.5) is 0 Å². The number of aliphatic hydroxyl groups is 2. The minimum absolute atomic E-state index is 0.00853. The van der Waals surface area contributed by atoms with Crippen LogP contribution in [0.5, 0.6) is 0 Å². The Morgan fingerprint density at radius 1 is 1.47 bits per heavy atom. The fourth-order valence-electron chi connectivity index (χ4n) is 0.892. The topological polar surface area (TPSA) is 69.6 Å². The van der Waals surface area contributed by atoms with Gasteiger partial charge in [-0.25, -0.2) is 0 Å². The summed E-state index contributed by atoms with van der Waals surface area (Å²) in [6.45, 7) is 4.68. The number of nitrogens with one attached hydrogen (secondary N) is 1. The van der Waals surface area contributed by atoms with E-state index in [0.717, 1.165) is 6.42 Å². The summed E-state index contributed by atoms with van der Waals surface area (Å²) < 4.78 is 0. The molecule has 15 heavy (non-hydrogen) atoms. The molecule has 0 aliphatic carbocycles. The van der Waals surface area contributed by atoms with Gasteiger partial charge in [-0.15, -0.1) is 11.8 Å². The van der Waals surface area contributed by atoms with Crippen molar-refractivity contribution >= 4 is 17.7 Å². The Morgan fingerprint density at radius 3 is 2.67 bits per heavy atom. The third-order valence-electron chi connectivity index (χ3n) is 1.80. The lowest BCUT2D eigenvalue weighted by atomic mass is 10.1. The predicted molar refractivity (Wildman–Crippen MR) is 62.9 cm³/mol. The van der Waals surface area contributed by atoms with E-state index in [-0.39, 0.29) is 12.5 Å². The van der Waals surface area contributed by atoms with Gasteiger partial charge in [0.2, 0.25) is 5.91 Å². The van der Waals surface area contributed by atoms with Crippen molar-refractivity contribution in [1.82, 2.24) is 5.32 Å².